The van der Waals surface area contributed by atoms with Crippen molar-refractivity contribution in [2.45, 2.75) is 56.9 Å². The second-order valence-corrected chi connectivity index (χ2v) is 7.20. The molecule has 1 aromatic carbocycles. The Morgan fingerprint density at radius 3 is 2.45 bits per heavy atom. The van der Waals surface area contributed by atoms with Gasteiger partial charge >= 0.3 is 0 Å². The fourth-order valence-electron chi connectivity index (χ4n) is 3.14. The molecule has 124 valence electrons. The Kier molecular flexibility index (Phi) is 7.87. The molecule has 1 aliphatic rings. The number of rotatable bonds is 6. The maximum atomic E-state index is 12.0. The van der Waals surface area contributed by atoms with Crippen LogP contribution in [0.4, 0.5) is 0 Å². The standard InChI is InChI=1S/C17H25BrN2O.ClH/c1-13(19)4-9-16(21)20-12-17(10-2-3-11-17)14-5-7-15(18)8-6-14;/h5-8,13H,2-4,9-12,19H2,1H3,(H,20,21);1H. The first kappa shape index (κ1) is 19.5. The number of nitrogens with two attached hydrogens (primary N) is 1. The van der Waals surface area contributed by atoms with Gasteiger partial charge < -0.3 is 11.1 Å². The normalized spacial score (nSPS) is 17.6. The van der Waals surface area contributed by atoms with Crippen molar-refractivity contribution in [2.24, 2.45) is 5.73 Å². The second-order valence-electron chi connectivity index (χ2n) is 6.29. The van der Waals surface area contributed by atoms with E-state index in [4.69, 9.17) is 5.73 Å². The number of hydrogen-bond acceptors (Lipinski definition) is 2. The third kappa shape index (κ3) is 5.25. The van der Waals surface area contributed by atoms with E-state index in [1.807, 2.05) is 6.92 Å². The molecule has 5 heteroatoms. The van der Waals surface area contributed by atoms with Crippen molar-refractivity contribution in [2.75, 3.05) is 6.54 Å². The molecule has 1 amide bonds. The lowest BCUT2D eigenvalue weighted by atomic mass is 9.79. The molecule has 3 nitrogen and oxygen atoms in total. The molecule has 1 saturated carbocycles. The van der Waals surface area contributed by atoms with Gasteiger partial charge in [-0.2, -0.15) is 0 Å². The van der Waals surface area contributed by atoms with Gasteiger partial charge in [0.2, 0.25) is 5.91 Å². The molecule has 0 bridgehead atoms. The number of amides is 1. The molecule has 1 aromatic rings. The van der Waals surface area contributed by atoms with Gasteiger partial charge in [0.25, 0.3) is 0 Å². The predicted octanol–water partition coefficient (Wildman–Crippen LogP) is 3.93. The summed E-state index contributed by atoms with van der Waals surface area (Å²) in [5, 5.41) is 3.13. The Labute approximate surface area is 148 Å². The summed E-state index contributed by atoms with van der Waals surface area (Å²) in [4.78, 5) is 12.0. The third-order valence-electron chi connectivity index (χ3n) is 4.47. The van der Waals surface area contributed by atoms with Gasteiger partial charge in [0, 0.05) is 28.9 Å². The first-order chi connectivity index (χ1) is 10.0. The maximum absolute atomic E-state index is 12.0. The molecule has 3 N–H and O–H groups in total. The van der Waals surface area contributed by atoms with Crippen LogP contribution in [0, 0.1) is 0 Å². The van der Waals surface area contributed by atoms with Crippen LogP contribution in [0.2, 0.25) is 0 Å². The lowest BCUT2D eigenvalue weighted by Gasteiger charge is -2.30. The van der Waals surface area contributed by atoms with E-state index in [0.29, 0.717) is 6.42 Å². The number of carbonyl (C=O) groups is 1. The van der Waals surface area contributed by atoms with E-state index in [2.05, 4.69) is 45.5 Å². The minimum atomic E-state index is 0. The molecule has 0 spiro atoms. The summed E-state index contributed by atoms with van der Waals surface area (Å²) in [5.41, 5.74) is 7.16. The van der Waals surface area contributed by atoms with Crippen molar-refractivity contribution >= 4 is 34.2 Å². The minimum Gasteiger partial charge on any atom is -0.355 e. The number of benzene rings is 1. The van der Waals surface area contributed by atoms with Gasteiger partial charge in [-0.3, -0.25) is 4.79 Å². The molecule has 22 heavy (non-hydrogen) atoms. The Hall–Kier alpha value is -0.580. The molecule has 1 fully saturated rings. The number of carbonyl (C=O) groups excluding carboxylic acids is 1. The summed E-state index contributed by atoms with van der Waals surface area (Å²) in [6, 6.07) is 8.64. The summed E-state index contributed by atoms with van der Waals surface area (Å²) < 4.78 is 1.10. The Morgan fingerprint density at radius 2 is 1.91 bits per heavy atom. The van der Waals surface area contributed by atoms with Gasteiger partial charge in [-0.15, -0.1) is 12.4 Å². The van der Waals surface area contributed by atoms with Gasteiger partial charge in [0.15, 0.2) is 0 Å². The van der Waals surface area contributed by atoms with Crippen LogP contribution in [0.15, 0.2) is 28.7 Å². The quantitative estimate of drug-likeness (QED) is 0.774. The average Bonchev–Trinajstić information content (AvgIpc) is 2.93. The highest BCUT2D eigenvalue weighted by molar-refractivity contribution is 9.10. The fraction of sp³-hybridized carbons (Fsp3) is 0.588. The number of nitrogens with one attached hydrogen (secondary N) is 1. The van der Waals surface area contributed by atoms with Crippen molar-refractivity contribution in [3.05, 3.63) is 34.3 Å². The smallest absolute Gasteiger partial charge is 0.220 e. The van der Waals surface area contributed by atoms with Crippen molar-refractivity contribution in [1.82, 2.24) is 5.32 Å². The van der Waals surface area contributed by atoms with Crippen LogP contribution in [-0.4, -0.2) is 18.5 Å². The van der Waals surface area contributed by atoms with Gasteiger partial charge in [0.05, 0.1) is 0 Å². The minimum absolute atomic E-state index is 0. The molecular formula is C17H26BrClN2O. The summed E-state index contributed by atoms with van der Waals surface area (Å²) in [6.07, 6.45) is 6.06. The Balaban J connectivity index is 0.00000242. The maximum Gasteiger partial charge on any atom is 0.220 e. The molecule has 1 unspecified atom stereocenters. The van der Waals surface area contributed by atoms with E-state index in [-0.39, 0.29) is 29.8 Å². The van der Waals surface area contributed by atoms with E-state index >= 15 is 0 Å². The predicted molar refractivity (Wildman–Crippen MR) is 97.4 cm³/mol. The molecule has 0 heterocycles. The zero-order valence-electron chi connectivity index (χ0n) is 13.1. The summed E-state index contributed by atoms with van der Waals surface area (Å²) in [5.74, 6) is 0.121. The van der Waals surface area contributed by atoms with Crippen LogP contribution in [0.3, 0.4) is 0 Å². The van der Waals surface area contributed by atoms with Gasteiger partial charge in [-0.05, 0) is 43.9 Å². The monoisotopic (exact) mass is 388 g/mol. The van der Waals surface area contributed by atoms with Crippen LogP contribution in [0.5, 0.6) is 0 Å². The largest absolute Gasteiger partial charge is 0.355 e. The Morgan fingerprint density at radius 1 is 1.32 bits per heavy atom. The molecule has 1 atom stereocenters. The highest BCUT2D eigenvalue weighted by Gasteiger charge is 2.35. The Bertz CT molecular complexity index is 470. The topological polar surface area (TPSA) is 55.1 Å². The molecular weight excluding hydrogens is 364 g/mol. The van der Waals surface area contributed by atoms with Gasteiger partial charge in [-0.1, -0.05) is 40.9 Å². The van der Waals surface area contributed by atoms with Crippen LogP contribution in [0.1, 0.15) is 51.0 Å². The SMILES string of the molecule is CC(N)CCC(=O)NCC1(c2ccc(Br)cc2)CCCC1.Cl. The summed E-state index contributed by atoms with van der Waals surface area (Å²) in [7, 11) is 0. The average molecular weight is 390 g/mol. The van der Waals surface area contributed by atoms with Crippen LogP contribution in [0.25, 0.3) is 0 Å². The van der Waals surface area contributed by atoms with Crippen LogP contribution < -0.4 is 11.1 Å². The summed E-state index contributed by atoms with van der Waals surface area (Å²) in [6.45, 7) is 2.68. The highest BCUT2D eigenvalue weighted by atomic mass is 79.9. The van der Waals surface area contributed by atoms with Crippen molar-refractivity contribution in [3.8, 4) is 0 Å². The van der Waals surface area contributed by atoms with E-state index < -0.39 is 0 Å². The molecule has 0 aliphatic heterocycles. The van der Waals surface area contributed by atoms with Crippen molar-refractivity contribution in [1.29, 1.82) is 0 Å². The molecule has 0 radical (unpaired) electrons. The first-order valence-electron chi connectivity index (χ1n) is 7.80. The van der Waals surface area contributed by atoms with E-state index in [9.17, 15) is 4.79 Å². The van der Waals surface area contributed by atoms with E-state index in [0.717, 1.165) is 30.3 Å². The molecule has 2 rings (SSSR count). The third-order valence-corrected chi connectivity index (χ3v) is 5.00. The van der Waals surface area contributed by atoms with Crippen LogP contribution >= 0.6 is 28.3 Å². The van der Waals surface area contributed by atoms with E-state index in [1.165, 1.54) is 18.4 Å². The second kappa shape index (κ2) is 8.90. The van der Waals surface area contributed by atoms with Crippen molar-refractivity contribution in [3.63, 3.8) is 0 Å². The fourth-order valence-corrected chi connectivity index (χ4v) is 3.40. The molecule has 0 aromatic heterocycles. The van der Waals surface area contributed by atoms with Gasteiger partial charge in [-0.25, -0.2) is 0 Å². The summed E-state index contributed by atoms with van der Waals surface area (Å²) >= 11 is 3.49. The van der Waals surface area contributed by atoms with Crippen LogP contribution in [-0.2, 0) is 10.2 Å². The zero-order chi connectivity index (χ0) is 15.3. The van der Waals surface area contributed by atoms with Gasteiger partial charge in [0.1, 0.15) is 0 Å². The lowest BCUT2D eigenvalue weighted by Crippen LogP contribution is -2.39. The van der Waals surface area contributed by atoms with Crippen molar-refractivity contribution < 1.29 is 4.79 Å². The lowest BCUT2D eigenvalue weighted by molar-refractivity contribution is -0.121. The van der Waals surface area contributed by atoms with E-state index in [1.54, 1.807) is 0 Å². The first-order valence-corrected chi connectivity index (χ1v) is 8.59. The molecule has 1 aliphatic carbocycles. The molecule has 0 saturated heterocycles. The highest BCUT2D eigenvalue weighted by Crippen LogP contribution is 2.40. The zero-order valence-corrected chi connectivity index (χ0v) is 15.5. The number of hydrogen-bond donors (Lipinski definition) is 2. The number of halogens is 2.